The maximum atomic E-state index is 5.83. The summed E-state index contributed by atoms with van der Waals surface area (Å²) < 4.78 is 0. The predicted molar refractivity (Wildman–Crippen MR) is 77.0 cm³/mol. The van der Waals surface area contributed by atoms with Crippen LogP contribution in [0.3, 0.4) is 0 Å². The third-order valence-corrected chi connectivity index (χ3v) is 2.78. The Balaban J connectivity index is 2.88. The van der Waals surface area contributed by atoms with Gasteiger partial charge in [0.2, 0.25) is 0 Å². The minimum Gasteiger partial charge on any atom is -0.399 e. The summed E-state index contributed by atoms with van der Waals surface area (Å²) in [5.74, 6) is 0. The molecule has 0 heterocycles. The van der Waals surface area contributed by atoms with E-state index in [0.717, 1.165) is 24.5 Å². The Morgan fingerprint density at radius 3 is 2.12 bits per heavy atom. The van der Waals surface area contributed by atoms with Crippen LogP contribution in [-0.4, -0.2) is 53.2 Å². The number of likely N-dealkylation sites (N-methyl/N-ethyl adjacent to an activating group) is 2. The molecule has 2 N–H and O–H groups in total. The fourth-order valence-corrected chi connectivity index (χ4v) is 1.69. The molecular weight excluding hydrogens is 212 g/mol. The van der Waals surface area contributed by atoms with Crippen molar-refractivity contribution in [3.05, 3.63) is 18.2 Å². The van der Waals surface area contributed by atoms with E-state index in [1.54, 1.807) is 0 Å². The summed E-state index contributed by atoms with van der Waals surface area (Å²) in [6, 6.07) is 6.05. The highest BCUT2D eigenvalue weighted by Gasteiger charge is 2.09. The first-order chi connectivity index (χ1) is 7.91. The van der Waals surface area contributed by atoms with Crippen LogP contribution in [0.4, 0.5) is 17.1 Å². The number of benzene rings is 1. The van der Waals surface area contributed by atoms with Gasteiger partial charge in [-0.2, -0.15) is 0 Å². The maximum Gasteiger partial charge on any atom is 0.0619 e. The molecule has 0 spiro atoms. The van der Waals surface area contributed by atoms with Crippen molar-refractivity contribution in [3.63, 3.8) is 0 Å². The van der Waals surface area contributed by atoms with Crippen molar-refractivity contribution >= 4 is 17.1 Å². The molecular formula is C13H24N4. The molecule has 0 fully saturated rings. The quantitative estimate of drug-likeness (QED) is 0.783. The molecule has 0 aliphatic heterocycles. The van der Waals surface area contributed by atoms with Gasteiger partial charge in [0, 0.05) is 39.9 Å². The number of anilines is 3. The molecule has 1 aromatic rings. The summed E-state index contributed by atoms with van der Waals surface area (Å²) in [4.78, 5) is 6.54. The van der Waals surface area contributed by atoms with Gasteiger partial charge in [0.1, 0.15) is 0 Å². The van der Waals surface area contributed by atoms with Crippen molar-refractivity contribution in [1.82, 2.24) is 4.90 Å². The maximum absolute atomic E-state index is 5.83. The highest BCUT2D eigenvalue weighted by Crippen LogP contribution is 2.29. The Morgan fingerprint density at radius 1 is 0.941 bits per heavy atom. The van der Waals surface area contributed by atoms with Crippen LogP contribution in [0, 0.1) is 0 Å². The van der Waals surface area contributed by atoms with Gasteiger partial charge in [-0.1, -0.05) is 0 Å². The van der Waals surface area contributed by atoms with Crippen LogP contribution in [0.25, 0.3) is 0 Å². The molecule has 1 aromatic carbocycles. The van der Waals surface area contributed by atoms with Gasteiger partial charge in [0.05, 0.1) is 11.4 Å². The molecule has 0 aliphatic rings. The molecule has 0 radical (unpaired) electrons. The standard InChI is InChI=1S/C13H24N4/c1-15(2)8-9-17(5)12-7-6-11(14)10-13(12)16(3)4/h6-7,10H,8-9,14H2,1-5H3. The minimum atomic E-state index is 0.804. The zero-order valence-corrected chi connectivity index (χ0v) is 11.6. The van der Waals surface area contributed by atoms with Crippen LogP contribution in [0.15, 0.2) is 18.2 Å². The molecule has 0 aliphatic carbocycles. The van der Waals surface area contributed by atoms with Gasteiger partial charge in [-0.05, 0) is 32.3 Å². The molecule has 17 heavy (non-hydrogen) atoms. The SMILES string of the molecule is CN(C)CCN(C)c1ccc(N)cc1N(C)C. The molecule has 0 bridgehead atoms. The third-order valence-electron chi connectivity index (χ3n) is 2.78. The zero-order chi connectivity index (χ0) is 13.0. The second kappa shape index (κ2) is 5.77. The van der Waals surface area contributed by atoms with Crippen LogP contribution >= 0.6 is 0 Å². The van der Waals surface area contributed by atoms with E-state index < -0.39 is 0 Å². The predicted octanol–water partition coefficient (Wildman–Crippen LogP) is 1.33. The Labute approximate surface area is 105 Å². The van der Waals surface area contributed by atoms with Crippen LogP contribution in [0.2, 0.25) is 0 Å². The molecule has 4 nitrogen and oxygen atoms in total. The Bertz CT molecular complexity index is 360. The van der Waals surface area contributed by atoms with Gasteiger partial charge in [0.25, 0.3) is 0 Å². The molecule has 0 amide bonds. The molecule has 1 rings (SSSR count). The molecule has 0 atom stereocenters. The van der Waals surface area contributed by atoms with Crippen molar-refractivity contribution in [2.75, 3.05) is 63.9 Å². The second-order valence-corrected chi connectivity index (χ2v) is 4.87. The highest BCUT2D eigenvalue weighted by atomic mass is 15.2. The normalized spacial score (nSPS) is 10.7. The number of hydrogen-bond acceptors (Lipinski definition) is 4. The number of nitrogens with two attached hydrogens (primary N) is 1. The Kier molecular flexibility index (Phi) is 4.63. The summed E-state index contributed by atoms with van der Waals surface area (Å²) in [5.41, 5.74) is 9.01. The largest absolute Gasteiger partial charge is 0.399 e. The first-order valence-corrected chi connectivity index (χ1v) is 5.84. The second-order valence-electron chi connectivity index (χ2n) is 4.87. The van der Waals surface area contributed by atoms with Crippen molar-refractivity contribution in [3.8, 4) is 0 Å². The van der Waals surface area contributed by atoms with E-state index in [2.05, 4.69) is 41.9 Å². The third kappa shape index (κ3) is 3.82. The summed E-state index contributed by atoms with van der Waals surface area (Å²) in [7, 11) is 10.4. The minimum absolute atomic E-state index is 0.804. The Morgan fingerprint density at radius 2 is 1.59 bits per heavy atom. The van der Waals surface area contributed by atoms with E-state index in [1.807, 2.05) is 26.2 Å². The lowest BCUT2D eigenvalue weighted by atomic mass is 10.2. The lowest BCUT2D eigenvalue weighted by Crippen LogP contribution is -2.29. The van der Waals surface area contributed by atoms with Crippen LogP contribution in [-0.2, 0) is 0 Å². The number of hydrogen-bond donors (Lipinski definition) is 1. The number of nitrogens with zero attached hydrogens (tertiary/aromatic N) is 3. The van der Waals surface area contributed by atoms with E-state index in [1.165, 1.54) is 5.69 Å². The lowest BCUT2D eigenvalue weighted by Gasteiger charge is -2.27. The first-order valence-electron chi connectivity index (χ1n) is 5.84. The van der Waals surface area contributed by atoms with Crippen LogP contribution in [0.5, 0.6) is 0 Å². The van der Waals surface area contributed by atoms with Crippen molar-refractivity contribution < 1.29 is 0 Å². The smallest absolute Gasteiger partial charge is 0.0619 e. The number of nitrogen functional groups attached to an aromatic ring is 1. The van der Waals surface area contributed by atoms with Gasteiger partial charge in [-0.3, -0.25) is 0 Å². The summed E-state index contributed by atoms with van der Waals surface area (Å²) in [5, 5.41) is 0. The van der Waals surface area contributed by atoms with E-state index in [4.69, 9.17) is 5.73 Å². The molecule has 96 valence electrons. The van der Waals surface area contributed by atoms with Crippen molar-refractivity contribution in [1.29, 1.82) is 0 Å². The van der Waals surface area contributed by atoms with Gasteiger partial charge < -0.3 is 20.4 Å². The summed E-state index contributed by atoms with van der Waals surface area (Å²) >= 11 is 0. The van der Waals surface area contributed by atoms with Crippen LogP contribution in [0.1, 0.15) is 0 Å². The molecule has 0 saturated heterocycles. The first kappa shape index (κ1) is 13.6. The van der Waals surface area contributed by atoms with Crippen LogP contribution < -0.4 is 15.5 Å². The zero-order valence-electron chi connectivity index (χ0n) is 11.6. The van der Waals surface area contributed by atoms with E-state index in [9.17, 15) is 0 Å². The number of rotatable bonds is 5. The fraction of sp³-hybridized carbons (Fsp3) is 0.538. The average Bonchev–Trinajstić information content (AvgIpc) is 2.25. The monoisotopic (exact) mass is 236 g/mol. The van der Waals surface area contributed by atoms with Gasteiger partial charge in [0.15, 0.2) is 0 Å². The summed E-state index contributed by atoms with van der Waals surface area (Å²) in [6.07, 6.45) is 0. The molecule has 0 saturated carbocycles. The summed E-state index contributed by atoms with van der Waals surface area (Å²) in [6.45, 7) is 2.03. The van der Waals surface area contributed by atoms with E-state index >= 15 is 0 Å². The van der Waals surface area contributed by atoms with Gasteiger partial charge in [-0.15, -0.1) is 0 Å². The average molecular weight is 236 g/mol. The van der Waals surface area contributed by atoms with Crippen molar-refractivity contribution in [2.24, 2.45) is 0 Å². The van der Waals surface area contributed by atoms with E-state index in [0.29, 0.717) is 0 Å². The highest BCUT2D eigenvalue weighted by molar-refractivity contribution is 5.74. The lowest BCUT2D eigenvalue weighted by molar-refractivity contribution is 0.416. The fourth-order valence-electron chi connectivity index (χ4n) is 1.69. The Hall–Kier alpha value is -1.42. The topological polar surface area (TPSA) is 35.7 Å². The van der Waals surface area contributed by atoms with E-state index in [-0.39, 0.29) is 0 Å². The van der Waals surface area contributed by atoms with Gasteiger partial charge >= 0.3 is 0 Å². The molecule has 0 aromatic heterocycles. The van der Waals surface area contributed by atoms with Gasteiger partial charge in [-0.25, -0.2) is 0 Å². The molecule has 0 unspecified atom stereocenters. The van der Waals surface area contributed by atoms with Crippen molar-refractivity contribution in [2.45, 2.75) is 0 Å². The molecule has 4 heteroatoms.